The van der Waals surface area contributed by atoms with E-state index in [1.807, 2.05) is 6.92 Å². The van der Waals surface area contributed by atoms with Crippen molar-refractivity contribution in [1.82, 2.24) is 20.1 Å². The number of anilines is 1. The number of hydrogen-bond acceptors (Lipinski definition) is 6. The lowest BCUT2D eigenvalue weighted by molar-refractivity contribution is 0.102. The van der Waals surface area contributed by atoms with Crippen LogP contribution in [0.5, 0.6) is 0 Å². The minimum Gasteiger partial charge on any atom is -0.382 e. The summed E-state index contributed by atoms with van der Waals surface area (Å²) in [5.41, 5.74) is 7.37. The maximum Gasteiger partial charge on any atom is 0.277 e. The first kappa shape index (κ1) is 17.7. The first-order valence-electron chi connectivity index (χ1n) is 7.29. The number of halogens is 2. The molecule has 11 heteroatoms. The highest BCUT2D eigenvalue weighted by Crippen LogP contribution is 2.23. The van der Waals surface area contributed by atoms with Crippen LogP contribution in [0.3, 0.4) is 0 Å². The van der Waals surface area contributed by atoms with Gasteiger partial charge in [-0.15, -0.1) is 0 Å². The smallest absolute Gasteiger partial charge is 0.277 e. The fraction of sp³-hybridized carbons (Fsp3) is 0.133. The summed E-state index contributed by atoms with van der Waals surface area (Å²) in [6.07, 6.45) is 0. The first-order valence-corrected chi connectivity index (χ1v) is 8.08. The topological polar surface area (TPSA) is 124 Å². The van der Waals surface area contributed by atoms with Gasteiger partial charge in [-0.3, -0.25) is 9.48 Å². The normalized spacial score (nSPS) is 11.6. The second-order valence-corrected chi connectivity index (χ2v) is 6.16. The predicted octanol–water partition coefficient (Wildman–Crippen LogP) is 2.30. The van der Waals surface area contributed by atoms with Gasteiger partial charge in [0, 0.05) is 12.7 Å². The van der Waals surface area contributed by atoms with Gasteiger partial charge in [0.15, 0.2) is 17.2 Å². The van der Waals surface area contributed by atoms with Crippen LogP contribution in [0, 0.1) is 12.7 Å². The highest BCUT2D eigenvalue weighted by atomic mass is 79.9. The summed E-state index contributed by atoms with van der Waals surface area (Å²) >= 11 is 3.07. The van der Waals surface area contributed by atoms with Crippen LogP contribution in [0.25, 0.3) is 0 Å². The Balaban J connectivity index is 1.84. The highest BCUT2D eigenvalue weighted by Gasteiger charge is 2.19. The monoisotopic (exact) mass is 421 g/mol. The minimum atomic E-state index is -0.497. The van der Waals surface area contributed by atoms with Crippen molar-refractivity contribution in [2.24, 2.45) is 17.8 Å². The van der Waals surface area contributed by atoms with Gasteiger partial charge < -0.3 is 11.1 Å². The van der Waals surface area contributed by atoms with Crippen molar-refractivity contribution in [2.45, 2.75) is 6.92 Å². The van der Waals surface area contributed by atoms with E-state index < -0.39 is 11.7 Å². The standard InChI is InChI=1S/C15H13BrFN7O2/c1-7-5-11(21-24(7)2)15(25)20-14-12(22-26-23-14)13(18)19-8-3-4-10(17)9(16)6-8/h3-6H,1-2H3,(H2,18,19)(H,20,23,25). The molecule has 26 heavy (non-hydrogen) atoms. The maximum atomic E-state index is 13.3. The third kappa shape index (κ3) is 3.61. The molecule has 0 radical (unpaired) electrons. The molecule has 0 atom stereocenters. The van der Waals surface area contributed by atoms with Gasteiger partial charge in [-0.25, -0.2) is 14.0 Å². The summed E-state index contributed by atoms with van der Waals surface area (Å²) < 4.78 is 19.7. The highest BCUT2D eigenvalue weighted by molar-refractivity contribution is 9.10. The number of rotatable bonds is 4. The number of hydrogen-bond donors (Lipinski definition) is 2. The Bertz CT molecular complexity index is 992. The van der Waals surface area contributed by atoms with E-state index in [0.29, 0.717) is 5.69 Å². The number of nitrogens with zero attached hydrogens (tertiary/aromatic N) is 5. The molecule has 0 unspecified atom stereocenters. The lowest BCUT2D eigenvalue weighted by atomic mass is 10.3. The van der Waals surface area contributed by atoms with E-state index in [0.717, 1.165) is 5.69 Å². The number of carbonyl (C=O) groups excluding carboxylic acids is 1. The molecule has 1 aromatic carbocycles. The molecule has 0 fully saturated rings. The fourth-order valence-corrected chi connectivity index (χ4v) is 2.40. The van der Waals surface area contributed by atoms with Gasteiger partial charge in [0.25, 0.3) is 5.91 Å². The lowest BCUT2D eigenvalue weighted by Gasteiger charge is -2.02. The zero-order valence-corrected chi connectivity index (χ0v) is 15.3. The first-order chi connectivity index (χ1) is 12.3. The van der Waals surface area contributed by atoms with E-state index in [9.17, 15) is 9.18 Å². The molecule has 0 spiro atoms. The zero-order valence-electron chi connectivity index (χ0n) is 13.7. The molecular weight excluding hydrogens is 409 g/mol. The van der Waals surface area contributed by atoms with Crippen LogP contribution in [-0.2, 0) is 7.05 Å². The number of aryl methyl sites for hydroxylation is 2. The van der Waals surface area contributed by atoms with E-state index in [1.165, 1.54) is 18.2 Å². The van der Waals surface area contributed by atoms with Crippen LogP contribution in [-0.4, -0.2) is 31.8 Å². The Morgan fingerprint density at radius 1 is 1.38 bits per heavy atom. The molecule has 0 saturated carbocycles. The van der Waals surface area contributed by atoms with Crippen LogP contribution >= 0.6 is 15.9 Å². The summed E-state index contributed by atoms with van der Waals surface area (Å²) in [5, 5.41) is 13.9. The van der Waals surface area contributed by atoms with Crippen molar-refractivity contribution in [3.63, 3.8) is 0 Å². The Morgan fingerprint density at radius 3 is 2.81 bits per heavy atom. The third-order valence-electron chi connectivity index (χ3n) is 3.46. The molecule has 0 aliphatic rings. The summed E-state index contributed by atoms with van der Waals surface area (Å²) in [6.45, 7) is 1.82. The molecule has 2 heterocycles. The largest absolute Gasteiger partial charge is 0.382 e. The molecule has 0 bridgehead atoms. The van der Waals surface area contributed by atoms with Gasteiger partial charge in [-0.05, 0) is 57.4 Å². The summed E-state index contributed by atoms with van der Waals surface area (Å²) in [7, 11) is 1.72. The Kier molecular flexibility index (Phi) is 4.80. The van der Waals surface area contributed by atoms with Crippen molar-refractivity contribution in [2.75, 3.05) is 5.32 Å². The van der Waals surface area contributed by atoms with Crippen LogP contribution in [0.1, 0.15) is 21.9 Å². The second-order valence-electron chi connectivity index (χ2n) is 5.31. The summed E-state index contributed by atoms with van der Waals surface area (Å²) in [6, 6.07) is 5.75. The van der Waals surface area contributed by atoms with Crippen molar-refractivity contribution in [3.05, 3.63) is 51.6 Å². The van der Waals surface area contributed by atoms with Crippen LogP contribution in [0.2, 0.25) is 0 Å². The molecule has 1 amide bonds. The average molecular weight is 422 g/mol. The second kappa shape index (κ2) is 7.04. The number of nitrogens with two attached hydrogens (primary N) is 1. The number of amidine groups is 1. The molecule has 9 nitrogen and oxygen atoms in total. The Hall–Kier alpha value is -3.08. The van der Waals surface area contributed by atoms with E-state index in [-0.39, 0.29) is 27.5 Å². The van der Waals surface area contributed by atoms with Crippen molar-refractivity contribution < 1.29 is 13.8 Å². The van der Waals surface area contributed by atoms with Gasteiger partial charge in [-0.2, -0.15) is 5.10 Å². The molecule has 0 aliphatic carbocycles. The molecule has 0 aliphatic heterocycles. The molecule has 3 aromatic rings. The van der Waals surface area contributed by atoms with E-state index in [1.54, 1.807) is 17.8 Å². The van der Waals surface area contributed by atoms with Gasteiger partial charge in [0.1, 0.15) is 5.82 Å². The number of nitrogens with one attached hydrogen (secondary N) is 1. The SMILES string of the molecule is Cc1cc(C(=O)Nc2nonc2C(N)=Nc2ccc(F)c(Br)c2)nn1C. The Labute approximate surface area is 155 Å². The van der Waals surface area contributed by atoms with Gasteiger partial charge in [0.05, 0.1) is 10.2 Å². The summed E-state index contributed by atoms with van der Waals surface area (Å²) in [5.74, 6) is -0.981. The van der Waals surface area contributed by atoms with Crippen molar-refractivity contribution >= 4 is 39.2 Å². The van der Waals surface area contributed by atoms with E-state index in [4.69, 9.17) is 5.73 Å². The molecule has 0 saturated heterocycles. The van der Waals surface area contributed by atoms with Crippen molar-refractivity contribution in [3.8, 4) is 0 Å². The van der Waals surface area contributed by atoms with Crippen molar-refractivity contribution in [1.29, 1.82) is 0 Å². The Morgan fingerprint density at radius 2 is 2.15 bits per heavy atom. The van der Waals surface area contributed by atoms with Crippen LogP contribution in [0.4, 0.5) is 15.9 Å². The molecule has 2 aromatic heterocycles. The third-order valence-corrected chi connectivity index (χ3v) is 4.07. The fourth-order valence-electron chi connectivity index (χ4n) is 2.03. The van der Waals surface area contributed by atoms with Gasteiger partial charge in [-0.1, -0.05) is 0 Å². The average Bonchev–Trinajstić information content (AvgIpc) is 3.18. The number of carbonyl (C=O) groups is 1. The lowest BCUT2D eigenvalue weighted by Crippen LogP contribution is -2.19. The van der Waals surface area contributed by atoms with Crippen LogP contribution < -0.4 is 11.1 Å². The van der Waals surface area contributed by atoms with Gasteiger partial charge >= 0.3 is 0 Å². The number of amides is 1. The van der Waals surface area contributed by atoms with Gasteiger partial charge in [0.2, 0.25) is 5.82 Å². The minimum absolute atomic E-state index is 0.000679. The van der Waals surface area contributed by atoms with E-state index >= 15 is 0 Å². The molecule has 134 valence electrons. The van der Waals surface area contributed by atoms with Crippen LogP contribution in [0.15, 0.2) is 38.4 Å². The maximum absolute atomic E-state index is 13.3. The number of aliphatic imine (C=N–C) groups is 1. The predicted molar refractivity (Wildman–Crippen MR) is 94.7 cm³/mol. The van der Waals surface area contributed by atoms with E-state index in [2.05, 4.69) is 46.3 Å². The quantitative estimate of drug-likeness (QED) is 0.491. The summed E-state index contributed by atoms with van der Waals surface area (Å²) in [4.78, 5) is 16.4. The molecular formula is C15H13BrFN7O2. The molecule has 3 N–H and O–H groups in total. The number of benzene rings is 1. The molecule has 3 rings (SSSR count). The zero-order chi connectivity index (χ0) is 18.8. The number of aromatic nitrogens is 4.